The van der Waals surface area contributed by atoms with Crippen molar-refractivity contribution in [3.8, 4) is 0 Å². The summed E-state index contributed by atoms with van der Waals surface area (Å²) < 4.78 is 5.25. The van der Waals surface area contributed by atoms with Crippen molar-refractivity contribution in [3.05, 3.63) is 42.7 Å². The third kappa shape index (κ3) is 1.48. The summed E-state index contributed by atoms with van der Waals surface area (Å²) >= 11 is 0. The van der Waals surface area contributed by atoms with Crippen LogP contribution in [0.25, 0.3) is 0 Å². The SMILES string of the molecule is CC1(c2ncco2)C=CC=CC1C(N)=O. The van der Waals surface area contributed by atoms with Crippen LogP contribution in [0.3, 0.4) is 0 Å². The van der Waals surface area contributed by atoms with Crippen molar-refractivity contribution in [1.29, 1.82) is 0 Å². The van der Waals surface area contributed by atoms with Gasteiger partial charge in [0.1, 0.15) is 6.26 Å². The van der Waals surface area contributed by atoms with E-state index in [0.29, 0.717) is 5.89 Å². The van der Waals surface area contributed by atoms with Crippen LogP contribution in [0, 0.1) is 5.92 Å². The van der Waals surface area contributed by atoms with E-state index in [1.807, 2.05) is 19.1 Å². The summed E-state index contributed by atoms with van der Waals surface area (Å²) in [4.78, 5) is 15.4. The fourth-order valence-electron chi connectivity index (χ4n) is 1.82. The Labute approximate surface area is 87.5 Å². The van der Waals surface area contributed by atoms with Gasteiger partial charge in [0.15, 0.2) is 0 Å². The van der Waals surface area contributed by atoms with E-state index in [0.717, 1.165) is 0 Å². The minimum absolute atomic E-state index is 0.378. The van der Waals surface area contributed by atoms with Crippen LogP contribution in [0.1, 0.15) is 12.8 Å². The Balaban J connectivity index is 2.45. The maximum absolute atomic E-state index is 11.3. The summed E-state index contributed by atoms with van der Waals surface area (Å²) in [5.41, 5.74) is 4.78. The van der Waals surface area contributed by atoms with Gasteiger partial charge in [-0.15, -0.1) is 0 Å². The molecule has 15 heavy (non-hydrogen) atoms. The van der Waals surface area contributed by atoms with Crippen LogP contribution in [0.5, 0.6) is 0 Å². The highest BCUT2D eigenvalue weighted by atomic mass is 16.3. The predicted molar refractivity (Wildman–Crippen MR) is 54.8 cm³/mol. The van der Waals surface area contributed by atoms with Gasteiger partial charge < -0.3 is 10.2 Å². The standard InChI is InChI=1S/C11H12N2O2/c1-11(10-13-6-7-15-10)5-3-2-4-8(11)9(12)14/h2-8H,1H3,(H2,12,14). The molecule has 1 heterocycles. The van der Waals surface area contributed by atoms with E-state index in [1.165, 1.54) is 6.26 Å². The van der Waals surface area contributed by atoms with Crippen LogP contribution in [0.2, 0.25) is 0 Å². The van der Waals surface area contributed by atoms with Gasteiger partial charge in [-0.1, -0.05) is 24.3 Å². The van der Waals surface area contributed by atoms with Gasteiger partial charge in [-0.05, 0) is 6.92 Å². The number of amides is 1. The second kappa shape index (κ2) is 3.38. The van der Waals surface area contributed by atoms with Crippen molar-refractivity contribution < 1.29 is 9.21 Å². The molecule has 2 atom stereocenters. The van der Waals surface area contributed by atoms with E-state index in [4.69, 9.17) is 10.2 Å². The molecule has 1 amide bonds. The maximum atomic E-state index is 11.3. The fourth-order valence-corrected chi connectivity index (χ4v) is 1.82. The molecule has 0 aliphatic heterocycles. The Kier molecular flexibility index (Phi) is 2.19. The molecule has 2 unspecified atom stereocenters. The van der Waals surface area contributed by atoms with Crippen LogP contribution in [-0.2, 0) is 10.2 Å². The van der Waals surface area contributed by atoms with E-state index in [1.54, 1.807) is 18.3 Å². The molecule has 0 saturated carbocycles. The van der Waals surface area contributed by atoms with Gasteiger partial charge in [0.2, 0.25) is 11.8 Å². The number of allylic oxidation sites excluding steroid dienone is 3. The Bertz CT molecular complexity index is 420. The molecule has 2 N–H and O–H groups in total. The first-order valence-electron chi connectivity index (χ1n) is 4.70. The van der Waals surface area contributed by atoms with Gasteiger partial charge in [0.05, 0.1) is 17.5 Å². The average molecular weight is 204 g/mol. The summed E-state index contributed by atoms with van der Waals surface area (Å²) in [5.74, 6) is -0.288. The van der Waals surface area contributed by atoms with Crippen LogP contribution in [-0.4, -0.2) is 10.9 Å². The average Bonchev–Trinajstić information content (AvgIpc) is 2.71. The zero-order valence-corrected chi connectivity index (χ0v) is 8.38. The number of nitrogens with two attached hydrogens (primary N) is 1. The molecule has 0 radical (unpaired) electrons. The van der Waals surface area contributed by atoms with Crippen molar-refractivity contribution in [2.75, 3.05) is 0 Å². The third-order valence-corrected chi connectivity index (χ3v) is 2.70. The van der Waals surface area contributed by atoms with E-state index in [-0.39, 0.29) is 5.91 Å². The zero-order chi connectivity index (χ0) is 10.9. The molecule has 1 aromatic heterocycles. The number of carbonyl (C=O) groups excluding carboxylic acids is 1. The summed E-state index contributed by atoms with van der Waals surface area (Å²) in [5, 5.41) is 0. The van der Waals surface area contributed by atoms with E-state index in [2.05, 4.69) is 4.98 Å². The largest absolute Gasteiger partial charge is 0.448 e. The van der Waals surface area contributed by atoms with Crippen molar-refractivity contribution in [2.45, 2.75) is 12.3 Å². The number of primary amides is 1. The van der Waals surface area contributed by atoms with Crippen LogP contribution >= 0.6 is 0 Å². The van der Waals surface area contributed by atoms with E-state index in [9.17, 15) is 4.79 Å². The minimum Gasteiger partial charge on any atom is -0.448 e. The lowest BCUT2D eigenvalue weighted by molar-refractivity contribution is -0.121. The molecule has 0 aromatic carbocycles. The number of nitrogens with zero attached hydrogens (tertiary/aromatic N) is 1. The van der Waals surface area contributed by atoms with Crippen LogP contribution < -0.4 is 5.73 Å². The van der Waals surface area contributed by atoms with Gasteiger partial charge >= 0.3 is 0 Å². The first-order valence-corrected chi connectivity index (χ1v) is 4.70. The molecular weight excluding hydrogens is 192 g/mol. The number of carbonyl (C=O) groups is 1. The molecule has 0 fully saturated rings. The molecule has 0 spiro atoms. The second-order valence-electron chi connectivity index (χ2n) is 3.74. The van der Waals surface area contributed by atoms with Crippen molar-refractivity contribution in [2.24, 2.45) is 11.7 Å². The Hall–Kier alpha value is -1.84. The number of aromatic nitrogens is 1. The lowest BCUT2D eigenvalue weighted by Crippen LogP contribution is -2.39. The van der Waals surface area contributed by atoms with Gasteiger partial charge in [-0.25, -0.2) is 4.98 Å². The first-order chi connectivity index (χ1) is 7.14. The highest BCUT2D eigenvalue weighted by Crippen LogP contribution is 2.35. The van der Waals surface area contributed by atoms with Gasteiger partial charge in [-0.2, -0.15) is 0 Å². The molecular formula is C11H12N2O2. The quantitative estimate of drug-likeness (QED) is 0.785. The number of oxazole rings is 1. The monoisotopic (exact) mass is 204 g/mol. The van der Waals surface area contributed by atoms with Gasteiger partial charge in [-0.3, -0.25) is 4.79 Å². The summed E-state index contributed by atoms with van der Waals surface area (Å²) in [7, 11) is 0. The number of hydrogen-bond acceptors (Lipinski definition) is 3. The number of hydrogen-bond donors (Lipinski definition) is 1. The minimum atomic E-state index is -0.579. The van der Waals surface area contributed by atoms with Crippen LogP contribution in [0.15, 0.2) is 41.2 Å². The maximum Gasteiger partial charge on any atom is 0.225 e. The molecule has 0 saturated heterocycles. The molecule has 78 valence electrons. The summed E-state index contributed by atoms with van der Waals surface area (Å²) in [6, 6.07) is 0. The summed E-state index contributed by atoms with van der Waals surface area (Å²) in [6.45, 7) is 1.88. The highest BCUT2D eigenvalue weighted by Gasteiger charge is 2.40. The van der Waals surface area contributed by atoms with Crippen molar-refractivity contribution in [1.82, 2.24) is 4.98 Å². The van der Waals surface area contributed by atoms with Crippen molar-refractivity contribution in [3.63, 3.8) is 0 Å². The van der Waals surface area contributed by atoms with Crippen molar-refractivity contribution >= 4 is 5.91 Å². The molecule has 1 aliphatic rings. The second-order valence-corrected chi connectivity index (χ2v) is 3.74. The van der Waals surface area contributed by atoms with Gasteiger partial charge in [0.25, 0.3) is 0 Å². The molecule has 2 rings (SSSR count). The van der Waals surface area contributed by atoms with Gasteiger partial charge in [0, 0.05) is 0 Å². The predicted octanol–water partition coefficient (Wildman–Crippen LogP) is 1.16. The van der Waals surface area contributed by atoms with E-state index >= 15 is 0 Å². The Morgan fingerprint density at radius 2 is 2.40 bits per heavy atom. The highest BCUT2D eigenvalue weighted by molar-refractivity contribution is 5.81. The summed E-state index contributed by atoms with van der Waals surface area (Å²) in [6.07, 6.45) is 10.4. The van der Waals surface area contributed by atoms with Crippen LogP contribution in [0.4, 0.5) is 0 Å². The smallest absolute Gasteiger partial charge is 0.225 e. The molecule has 1 aromatic rings. The normalized spacial score (nSPS) is 29.3. The number of rotatable bonds is 2. The van der Waals surface area contributed by atoms with E-state index < -0.39 is 11.3 Å². The zero-order valence-electron chi connectivity index (χ0n) is 8.38. The molecule has 4 heteroatoms. The molecule has 1 aliphatic carbocycles. The topological polar surface area (TPSA) is 69.1 Å². The first kappa shape index (κ1) is 9.71. The Morgan fingerprint density at radius 3 is 3.00 bits per heavy atom. The lowest BCUT2D eigenvalue weighted by Gasteiger charge is -2.29. The molecule has 0 bridgehead atoms. The fraction of sp³-hybridized carbons (Fsp3) is 0.273. The molecule has 4 nitrogen and oxygen atoms in total. The lowest BCUT2D eigenvalue weighted by atomic mass is 9.74. The Morgan fingerprint density at radius 1 is 1.60 bits per heavy atom. The third-order valence-electron chi connectivity index (χ3n) is 2.70.